The number of hydrogen-bond acceptors (Lipinski definition) is 2. The molecule has 0 aliphatic carbocycles. The maximum atomic E-state index is 5.40. The lowest BCUT2D eigenvalue weighted by Gasteiger charge is -2.00. The molecule has 102 valence electrons. The molecule has 0 atom stereocenters. The van der Waals surface area contributed by atoms with E-state index >= 15 is 0 Å². The molecule has 2 heteroatoms. The van der Waals surface area contributed by atoms with Crippen LogP contribution in [0, 0.1) is 0 Å². The Hall–Kier alpha value is -0.500. The lowest BCUT2D eigenvalue weighted by molar-refractivity contribution is 0.577. The van der Waals surface area contributed by atoms with Crippen LogP contribution in [0.15, 0.2) is 12.3 Å². The van der Waals surface area contributed by atoms with Gasteiger partial charge in [0.15, 0.2) is 0 Å². The van der Waals surface area contributed by atoms with Gasteiger partial charge in [-0.25, -0.2) is 0 Å². The lowest BCUT2D eigenvalue weighted by Crippen LogP contribution is -2.11. The van der Waals surface area contributed by atoms with Gasteiger partial charge in [-0.1, -0.05) is 57.9 Å². The van der Waals surface area contributed by atoms with Crippen molar-refractivity contribution >= 4 is 0 Å². The van der Waals surface area contributed by atoms with Gasteiger partial charge in [0, 0.05) is 6.54 Å². The summed E-state index contributed by atoms with van der Waals surface area (Å²) < 4.78 is 0. The third-order valence-electron chi connectivity index (χ3n) is 2.99. The molecule has 0 aliphatic heterocycles. The molecule has 3 N–H and O–H groups in total. The van der Waals surface area contributed by atoms with Crippen molar-refractivity contribution in [1.29, 1.82) is 0 Å². The molecule has 0 saturated carbocycles. The predicted octanol–water partition coefficient (Wildman–Crippen LogP) is 3.97. The monoisotopic (exact) mass is 240 g/mol. The standard InChI is InChI=1S/C15H32N2/c1-2-3-4-5-6-7-8-9-10-11-14-17-15-12-13-16/h11,14,17H,2-10,12-13,15-16H2,1H3. The number of hydrogen-bond donors (Lipinski definition) is 2. The second-order valence-corrected chi connectivity index (χ2v) is 4.76. The van der Waals surface area contributed by atoms with Crippen LogP contribution in [0.5, 0.6) is 0 Å². The minimum absolute atomic E-state index is 0.777. The molecule has 0 fully saturated rings. The summed E-state index contributed by atoms with van der Waals surface area (Å²) in [7, 11) is 0. The fraction of sp³-hybridized carbons (Fsp3) is 0.867. The van der Waals surface area contributed by atoms with E-state index in [4.69, 9.17) is 5.73 Å². The van der Waals surface area contributed by atoms with Gasteiger partial charge in [0.1, 0.15) is 0 Å². The van der Waals surface area contributed by atoms with Crippen LogP contribution in [0.25, 0.3) is 0 Å². The van der Waals surface area contributed by atoms with Gasteiger partial charge in [-0.3, -0.25) is 0 Å². The number of rotatable bonds is 13. The van der Waals surface area contributed by atoms with Crippen molar-refractivity contribution in [3.8, 4) is 0 Å². The topological polar surface area (TPSA) is 38.0 Å². The van der Waals surface area contributed by atoms with Gasteiger partial charge in [-0.15, -0.1) is 0 Å². The molecule has 2 nitrogen and oxygen atoms in total. The summed E-state index contributed by atoms with van der Waals surface area (Å²) in [5, 5.41) is 3.25. The lowest BCUT2D eigenvalue weighted by atomic mass is 10.1. The van der Waals surface area contributed by atoms with E-state index in [9.17, 15) is 0 Å². The molecule has 0 aromatic carbocycles. The zero-order valence-corrected chi connectivity index (χ0v) is 11.7. The Balaban J connectivity index is 2.97. The van der Waals surface area contributed by atoms with Crippen LogP contribution in [0.1, 0.15) is 71.1 Å². The maximum absolute atomic E-state index is 5.40. The molecule has 0 aliphatic rings. The van der Waals surface area contributed by atoms with Gasteiger partial charge < -0.3 is 11.1 Å². The van der Waals surface area contributed by atoms with E-state index in [0.717, 1.165) is 19.5 Å². The normalized spacial score (nSPS) is 11.2. The SMILES string of the molecule is CCCCCCCCCCC=CNCCCN. The highest BCUT2D eigenvalue weighted by Gasteiger charge is 1.90. The molecule has 0 unspecified atom stereocenters. The Morgan fingerprint density at radius 3 is 2.18 bits per heavy atom. The maximum Gasteiger partial charge on any atom is 0.0153 e. The molecule has 0 aromatic rings. The van der Waals surface area contributed by atoms with Gasteiger partial charge in [-0.05, 0) is 32.0 Å². The van der Waals surface area contributed by atoms with E-state index in [2.05, 4.69) is 24.5 Å². The van der Waals surface area contributed by atoms with E-state index in [1.165, 1.54) is 57.8 Å². The molecule has 0 heterocycles. The summed E-state index contributed by atoms with van der Waals surface area (Å²) in [6.07, 6.45) is 17.8. The first-order chi connectivity index (χ1) is 8.41. The highest BCUT2D eigenvalue weighted by atomic mass is 14.8. The third-order valence-corrected chi connectivity index (χ3v) is 2.99. The molecule has 0 amide bonds. The molecule has 0 radical (unpaired) electrons. The second-order valence-electron chi connectivity index (χ2n) is 4.76. The highest BCUT2D eigenvalue weighted by Crippen LogP contribution is 2.09. The van der Waals surface area contributed by atoms with Crippen molar-refractivity contribution in [2.24, 2.45) is 5.73 Å². The van der Waals surface area contributed by atoms with E-state index in [-0.39, 0.29) is 0 Å². The first kappa shape index (κ1) is 16.5. The summed E-state index contributed by atoms with van der Waals surface area (Å²) >= 11 is 0. The largest absolute Gasteiger partial charge is 0.391 e. The van der Waals surface area contributed by atoms with Crippen molar-refractivity contribution in [3.63, 3.8) is 0 Å². The first-order valence-electron chi connectivity index (χ1n) is 7.50. The zero-order valence-electron chi connectivity index (χ0n) is 11.7. The number of nitrogens with one attached hydrogen (secondary N) is 1. The van der Waals surface area contributed by atoms with E-state index in [0.29, 0.717) is 0 Å². The Morgan fingerprint density at radius 1 is 0.882 bits per heavy atom. The highest BCUT2D eigenvalue weighted by molar-refractivity contribution is 4.79. The van der Waals surface area contributed by atoms with Crippen LogP contribution in [-0.2, 0) is 0 Å². The molecule has 0 bridgehead atoms. The van der Waals surface area contributed by atoms with Crippen LogP contribution in [-0.4, -0.2) is 13.1 Å². The summed E-state index contributed by atoms with van der Waals surface area (Å²) in [4.78, 5) is 0. The third kappa shape index (κ3) is 15.5. The van der Waals surface area contributed by atoms with Gasteiger partial charge in [-0.2, -0.15) is 0 Å². The first-order valence-corrected chi connectivity index (χ1v) is 7.50. The average Bonchev–Trinajstić information content (AvgIpc) is 2.35. The van der Waals surface area contributed by atoms with Crippen LogP contribution in [0.4, 0.5) is 0 Å². The smallest absolute Gasteiger partial charge is 0.0153 e. The van der Waals surface area contributed by atoms with Crippen molar-refractivity contribution in [2.45, 2.75) is 71.1 Å². The van der Waals surface area contributed by atoms with Crippen LogP contribution < -0.4 is 11.1 Å². The molecule has 0 rings (SSSR count). The van der Waals surface area contributed by atoms with E-state index < -0.39 is 0 Å². The van der Waals surface area contributed by atoms with Crippen molar-refractivity contribution in [2.75, 3.05) is 13.1 Å². The summed E-state index contributed by atoms with van der Waals surface area (Å²) in [5.74, 6) is 0. The molecular weight excluding hydrogens is 208 g/mol. The van der Waals surface area contributed by atoms with Crippen LogP contribution in [0.3, 0.4) is 0 Å². The van der Waals surface area contributed by atoms with Gasteiger partial charge in [0.2, 0.25) is 0 Å². The fourth-order valence-electron chi connectivity index (χ4n) is 1.85. The molecule has 0 spiro atoms. The molecule has 0 aromatic heterocycles. The zero-order chi connectivity index (χ0) is 12.6. The second kappa shape index (κ2) is 15.5. The van der Waals surface area contributed by atoms with Crippen molar-refractivity contribution in [1.82, 2.24) is 5.32 Å². The number of unbranched alkanes of at least 4 members (excludes halogenated alkanes) is 8. The minimum atomic E-state index is 0.777. The van der Waals surface area contributed by atoms with Crippen LogP contribution in [0.2, 0.25) is 0 Å². The van der Waals surface area contributed by atoms with Crippen LogP contribution >= 0.6 is 0 Å². The van der Waals surface area contributed by atoms with E-state index in [1.807, 2.05) is 0 Å². The van der Waals surface area contributed by atoms with Crippen molar-refractivity contribution in [3.05, 3.63) is 12.3 Å². The Morgan fingerprint density at radius 2 is 1.53 bits per heavy atom. The average molecular weight is 240 g/mol. The van der Waals surface area contributed by atoms with Crippen molar-refractivity contribution < 1.29 is 0 Å². The Bertz CT molecular complexity index is 155. The van der Waals surface area contributed by atoms with Gasteiger partial charge in [0.25, 0.3) is 0 Å². The molecule has 17 heavy (non-hydrogen) atoms. The summed E-state index contributed by atoms with van der Waals surface area (Å²) in [5.41, 5.74) is 5.40. The van der Waals surface area contributed by atoms with Gasteiger partial charge >= 0.3 is 0 Å². The van der Waals surface area contributed by atoms with E-state index in [1.54, 1.807) is 0 Å². The quantitative estimate of drug-likeness (QED) is 0.478. The Kier molecular flexibility index (Phi) is 15.0. The van der Waals surface area contributed by atoms with Gasteiger partial charge in [0.05, 0.1) is 0 Å². The minimum Gasteiger partial charge on any atom is -0.391 e. The number of nitrogens with two attached hydrogens (primary N) is 1. The predicted molar refractivity (Wildman–Crippen MR) is 78.0 cm³/mol. The summed E-state index contributed by atoms with van der Waals surface area (Å²) in [6.45, 7) is 4.05. The number of allylic oxidation sites excluding steroid dienone is 1. The molecule has 0 saturated heterocycles. The Labute approximate surface area is 108 Å². The molecular formula is C15H32N2. The fourth-order valence-corrected chi connectivity index (χ4v) is 1.85. The summed E-state index contributed by atoms with van der Waals surface area (Å²) in [6, 6.07) is 0.